The number of hydrogen-bond acceptors (Lipinski definition) is 2. The van der Waals surface area contributed by atoms with Crippen LogP contribution in [0.5, 0.6) is 0 Å². The Morgan fingerprint density at radius 3 is 2.39 bits per heavy atom. The summed E-state index contributed by atoms with van der Waals surface area (Å²) in [6, 6.07) is 5.28. The normalized spacial score (nSPS) is 13.2. The second-order valence-electron chi connectivity index (χ2n) is 4.53. The Bertz CT molecular complexity index is 435. The third-order valence-electron chi connectivity index (χ3n) is 2.54. The molecule has 0 bridgehead atoms. The summed E-state index contributed by atoms with van der Waals surface area (Å²) in [5.41, 5.74) is 0.686. The van der Waals surface area contributed by atoms with Crippen molar-refractivity contribution in [3.8, 4) is 0 Å². The summed E-state index contributed by atoms with van der Waals surface area (Å²) in [5, 5.41) is 1.10. The molecule has 1 unspecified atom stereocenters. The van der Waals surface area contributed by atoms with E-state index in [0.717, 1.165) is 6.54 Å². The molecule has 0 aliphatic heterocycles. The van der Waals surface area contributed by atoms with Gasteiger partial charge in [0, 0.05) is 28.1 Å². The van der Waals surface area contributed by atoms with Crippen molar-refractivity contribution < 1.29 is 4.79 Å². The van der Waals surface area contributed by atoms with Crippen molar-refractivity contribution in [2.45, 2.75) is 6.92 Å². The molecule has 0 aliphatic carbocycles. The first-order chi connectivity index (χ1) is 8.41. The Hall–Kier alpha value is -0.830. The summed E-state index contributed by atoms with van der Waals surface area (Å²) in [5.74, 6) is 0.0252. The van der Waals surface area contributed by atoms with Gasteiger partial charge in [0.05, 0.1) is 0 Å². The van der Waals surface area contributed by atoms with Crippen molar-refractivity contribution in [3.05, 3.63) is 39.9 Å². The van der Waals surface area contributed by atoms with Crippen molar-refractivity contribution in [1.82, 2.24) is 4.90 Å². The fourth-order valence-corrected chi connectivity index (χ4v) is 2.16. The molecule has 18 heavy (non-hydrogen) atoms. The topological polar surface area (TPSA) is 20.3 Å². The minimum Gasteiger partial charge on any atom is -0.309 e. The summed E-state index contributed by atoms with van der Waals surface area (Å²) < 4.78 is 0. The predicted octanol–water partition coefficient (Wildman–Crippen LogP) is 3.77. The molecule has 0 aliphatic rings. The molecule has 0 heterocycles. The molecule has 1 aromatic carbocycles. The number of rotatable bonds is 5. The number of ketones is 1. The van der Waals surface area contributed by atoms with Crippen LogP contribution in [0, 0.1) is 5.92 Å². The largest absolute Gasteiger partial charge is 0.309 e. The lowest BCUT2D eigenvalue weighted by Gasteiger charge is -2.13. The summed E-state index contributed by atoms with van der Waals surface area (Å²) in [6.45, 7) is 2.63. The summed E-state index contributed by atoms with van der Waals surface area (Å²) in [7, 11) is 3.89. The van der Waals surface area contributed by atoms with Gasteiger partial charge in [0.25, 0.3) is 0 Å². The molecule has 0 saturated heterocycles. The molecule has 0 amide bonds. The molecule has 1 rings (SSSR count). The summed E-state index contributed by atoms with van der Waals surface area (Å²) >= 11 is 12.0. The maximum absolute atomic E-state index is 11.9. The third-order valence-corrected chi connectivity index (χ3v) is 3.20. The lowest BCUT2D eigenvalue weighted by Crippen LogP contribution is -2.24. The first-order valence-electron chi connectivity index (χ1n) is 5.72. The third kappa shape index (κ3) is 4.45. The van der Waals surface area contributed by atoms with Crippen molar-refractivity contribution >= 4 is 35.1 Å². The van der Waals surface area contributed by atoms with Crippen LogP contribution in [0.3, 0.4) is 0 Å². The molecule has 0 N–H and O–H groups in total. The number of nitrogens with zero attached hydrogens (tertiary/aromatic N) is 1. The van der Waals surface area contributed by atoms with Gasteiger partial charge in [0.1, 0.15) is 0 Å². The van der Waals surface area contributed by atoms with Crippen LogP contribution >= 0.6 is 23.2 Å². The Balaban J connectivity index is 2.78. The SMILES string of the molecule is CC(CN(C)C)C(=O)/C=C/c1c(Cl)cccc1Cl. The van der Waals surface area contributed by atoms with E-state index in [1.165, 1.54) is 0 Å². The standard InChI is InChI=1S/C14H17Cl2NO/c1-10(9-17(2)3)14(18)8-7-11-12(15)5-4-6-13(11)16/h4-8,10H,9H2,1-3H3/b8-7+. The molecule has 0 radical (unpaired) electrons. The average molecular weight is 286 g/mol. The molecule has 1 atom stereocenters. The average Bonchev–Trinajstić information content (AvgIpc) is 2.27. The van der Waals surface area contributed by atoms with Crippen LogP contribution < -0.4 is 0 Å². The van der Waals surface area contributed by atoms with Crippen LogP contribution in [-0.2, 0) is 4.79 Å². The molecule has 0 saturated carbocycles. The van der Waals surface area contributed by atoms with Crippen LogP contribution in [0.1, 0.15) is 12.5 Å². The van der Waals surface area contributed by atoms with E-state index in [9.17, 15) is 4.79 Å². The highest BCUT2D eigenvalue weighted by Crippen LogP contribution is 2.25. The fourth-order valence-electron chi connectivity index (χ4n) is 1.64. The van der Waals surface area contributed by atoms with Gasteiger partial charge in [-0.3, -0.25) is 4.79 Å². The zero-order valence-electron chi connectivity index (χ0n) is 10.8. The number of carbonyl (C=O) groups is 1. The van der Waals surface area contributed by atoms with Gasteiger partial charge in [-0.25, -0.2) is 0 Å². The smallest absolute Gasteiger partial charge is 0.159 e. The first-order valence-corrected chi connectivity index (χ1v) is 6.48. The van der Waals surface area contributed by atoms with Gasteiger partial charge in [-0.05, 0) is 38.4 Å². The summed E-state index contributed by atoms with van der Waals surface area (Å²) in [4.78, 5) is 13.9. The van der Waals surface area contributed by atoms with Crippen LogP contribution in [0.15, 0.2) is 24.3 Å². The van der Waals surface area contributed by atoms with E-state index in [1.807, 2.05) is 25.9 Å². The van der Waals surface area contributed by atoms with E-state index in [0.29, 0.717) is 15.6 Å². The number of carbonyl (C=O) groups excluding carboxylic acids is 1. The summed E-state index contributed by atoms with van der Waals surface area (Å²) in [6.07, 6.45) is 3.22. The fraction of sp³-hybridized carbons (Fsp3) is 0.357. The van der Waals surface area contributed by atoms with Crippen molar-refractivity contribution in [3.63, 3.8) is 0 Å². The van der Waals surface area contributed by atoms with E-state index in [1.54, 1.807) is 30.4 Å². The zero-order chi connectivity index (χ0) is 13.7. The van der Waals surface area contributed by atoms with Crippen molar-refractivity contribution in [2.24, 2.45) is 5.92 Å². The highest BCUT2D eigenvalue weighted by molar-refractivity contribution is 6.37. The Labute approximate surface area is 118 Å². The Kier molecular flexibility index (Phi) is 5.86. The molecule has 0 spiro atoms. The van der Waals surface area contributed by atoms with Crippen molar-refractivity contribution in [2.75, 3.05) is 20.6 Å². The molecule has 0 fully saturated rings. The van der Waals surface area contributed by atoms with Crippen LogP contribution in [0.4, 0.5) is 0 Å². The molecular weight excluding hydrogens is 269 g/mol. The van der Waals surface area contributed by atoms with Gasteiger partial charge in [-0.15, -0.1) is 0 Å². The van der Waals surface area contributed by atoms with Crippen LogP contribution in [0.2, 0.25) is 10.0 Å². The highest BCUT2D eigenvalue weighted by Gasteiger charge is 2.11. The first kappa shape index (κ1) is 15.2. The monoisotopic (exact) mass is 285 g/mol. The maximum Gasteiger partial charge on any atom is 0.159 e. The van der Waals surface area contributed by atoms with Gasteiger partial charge in [-0.1, -0.05) is 36.2 Å². The van der Waals surface area contributed by atoms with E-state index in [4.69, 9.17) is 23.2 Å². The van der Waals surface area contributed by atoms with Gasteiger partial charge < -0.3 is 4.90 Å². The quantitative estimate of drug-likeness (QED) is 0.768. The lowest BCUT2D eigenvalue weighted by molar-refractivity contribution is -0.118. The molecular formula is C14H17Cl2NO. The Morgan fingerprint density at radius 2 is 1.89 bits per heavy atom. The molecule has 1 aromatic rings. The lowest BCUT2D eigenvalue weighted by atomic mass is 10.0. The minimum absolute atomic E-state index is 0.0440. The second kappa shape index (κ2) is 6.93. The molecule has 2 nitrogen and oxygen atoms in total. The zero-order valence-corrected chi connectivity index (χ0v) is 12.3. The van der Waals surface area contributed by atoms with E-state index in [2.05, 4.69) is 0 Å². The van der Waals surface area contributed by atoms with E-state index in [-0.39, 0.29) is 11.7 Å². The highest BCUT2D eigenvalue weighted by atomic mass is 35.5. The molecule has 0 aromatic heterocycles. The van der Waals surface area contributed by atoms with E-state index >= 15 is 0 Å². The van der Waals surface area contributed by atoms with Crippen LogP contribution in [0.25, 0.3) is 6.08 Å². The second-order valence-corrected chi connectivity index (χ2v) is 5.35. The molecule has 98 valence electrons. The maximum atomic E-state index is 11.9. The number of allylic oxidation sites excluding steroid dienone is 1. The van der Waals surface area contributed by atoms with Gasteiger partial charge in [0.2, 0.25) is 0 Å². The van der Waals surface area contributed by atoms with Gasteiger partial charge >= 0.3 is 0 Å². The van der Waals surface area contributed by atoms with E-state index < -0.39 is 0 Å². The van der Waals surface area contributed by atoms with Gasteiger partial charge in [0.15, 0.2) is 5.78 Å². The minimum atomic E-state index is -0.0440. The molecule has 4 heteroatoms. The number of benzene rings is 1. The van der Waals surface area contributed by atoms with Crippen molar-refractivity contribution in [1.29, 1.82) is 0 Å². The van der Waals surface area contributed by atoms with Crippen LogP contribution in [-0.4, -0.2) is 31.3 Å². The number of hydrogen-bond donors (Lipinski definition) is 0. The van der Waals surface area contributed by atoms with Gasteiger partial charge in [-0.2, -0.15) is 0 Å². The predicted molar refractivity (Wildman–Crippen MR) is 78.2 cm³/mol. The number of halogens is 2. The Morgan fingerprint density at radius 1 is 1.33 bits per heavy atom.